The molecule has 0 saturated carbocycles. The number of para-hydroxylation sites is 1. The summed E-state index contributed by atoms with van der Waals surface area (Å²) >= 11 is 0. The second kappa shape index (κ2) is 14.6. The van der Waals surface area contributed by atoms with Gasteiger partial charge >= 0.3 is 24.1 Å². The highest BCUT2D eigenvalue weighted by Gasteiger charge is 2.24. The summed E-state index contributed by atoms with van der Waals surface area (Å²) < 4.78 is 26.4. The van der Waals surface area contributed by atoms with E-state index < -0.39 is 36.2 Å². The van der Waals surface area contributed by atoms with Crippen molar-refractivity contribution in [2.45, 2.75) is 79.9 Å². The lowest BCUT2D eigenvalue weighted by molar-refractivity contribution is -0.152. The molecule has 41 heavy (non-hydrogen) atoms. The van der Waals surface area contributed by atoms with Crippen LogP contribution in [0, 0.1) is 10.8 Å². The van der Waals surface area contributed by atoms with E-state index in [0.717, 1.165) is 0 Å². The lowest BCUT2D eigenvalue weighted by atomic mass is 9.92. The average molecular weight is 572 g/mol. The van der Waals surface area contributed by atoms with Gasteiger partial charge in [0.25, 0.3) is 0 Å². The maximum Gasteiger partial charge on any atom is 0.513 e. The zero-order chi connectivity index (χ0) is 30.8. The summed E-state index contributed by atoms with van der Waals surface area (Å²) in [5.74, 6) is -1.21. The molecule has 2 atom stereocenters. The van der Waals surface area contributed by atoms with Crippen LogP contribution >= 0.6 is 0 Å². The minimum Gasteiger partial charge on any atom is -0.458 e. The van der Waals surface area contributed by atoms with Crippen molar-refractivity contribution >= 4 is 24.1 Å². The van der Waals surface area contributed by atoms with Crippen molar-refractivity contribution in [1.29, 1.82) is 0 Å². The van der Waals surface area contributed by atoms with Gasteiger partial charge in [-0.05, 0) is 54.0 Å². The molecule has 0 aromatic heterocycles. The van der Waals surface area contributed by atoms with Crippen LogP contribution < -0.4 is 19.9 Å². The fraction of sp³-hybridized carbons (Fsp3) is 0.484. The quantitative estimate of drug-likeness (QED) is 0.212. The summed E-state index contributed by atoms with van der Waals surface area (Å²) in [5, 5.41) is 0. The van der Waals surface area contributed by atoms with E-state index in [9.17, 15) is 19.2 Å². The lowest BCUT2D eigenvalue weighted by Crippen LogP contribution is -2.37. The van der Waals surface area contributed by atoms with Gasteiger partial charge < -0.3 is 29.4 Å². The predicted octanol–water partition coefficient (Wildman–Crippen LogP) is 5.39. The second-order valence-corrected chi connectivity index (χ2v) is 12.2. The highest BCUT2D eigenvalue weighted by atomic mass is 16.7. The van der Waals surface area contributed by atoms with Gasteiger partial charge in [-0.15, -0.1) is 0 Å². The van der Waals surface area contributed by atoms with Crippen molar-refractivity contribution in [1.82, 2.24) is 0 Å². The lowest BCUT2D eigenvalue weighted by Gasteiger charge is -2.20. The van der Waals surface area contributed by atoms with E-state index in [1.165, 1.54) is 12.1 Å². The number of hydrogen-bond donors (Lipinski definition) is 1. The number of hydrogen-bond acceptors (Lipinski definition) is 10. The van der Waals surface area contributed by atoms with E-state index in [0.29, 0.717) is 11.3 Å². The van der Waals surface area contributed by atoms with Crippen molar-refractivity contribution in [3.05, 3.63) is 54.1 Å². The normalized spacial score (nSPS) is 13.0. The highest BCUT2D eigenvalue weighted by molar-refractivity contribution is 5.78. The summed E-state index contributed by atoms with van der Waals surface area (Å²) in [6, 6.07) is 12.0. The van der Waals surface area contributed by atoms with E-state index in [1.807, 2.05) is 41.5 Å². The monoisotopic (exact) mass is 571 g/mol. The van der Waals surface area contributed by atoms with Crippen molar-refractivity contribution in [2.24, 2.45) is 16.6 Å². The Morgan fingerprint density at radius 1 is 0.780 bits per heavy atom. The van der Waals surface area contributed by atoms with Crippen LogP contribution in [0.3, 0.4) is 0 Å². The Morgan fingerprint density at radius 3 is 1.90 bits per heavy atom. The molecule has 0 unspecified atom stereocenters. The third-order valence-corrected chi connectivity index (χ3v) is 5.26. The van der Waals surface area contributed by atoms with Gasteiger partial charge in [0.05, 0.1) is 12.8 Å². The van der Waals surface area contributed by atoms with Crippen LogP contribution in [0.1, 0.15) is 66.9 Å². The first-order valence-electron chi connectivity index (χ1n) is 13.4. The van der Waals surface area contributed by atoms with Crippen LogP contribution in [0.25, 0.3) is 0 Å². The number of carbonyl (C=O) groups excluding carboxylic acids is 4. The van der Waals surface area contributed by atoms with Crippen LogP contribution in [0.4, 0.5) is 4.79 Å². The average Bonchev–Trinajstić information content (AvgIpc) is 2.82. The molecule has 2 aromatic rings. The van der Waals surface area contributed by atoms with Crippen LogP contribution in [0.2, 0.25) is 0 Å². The van der Waals surface area contributed by atoms with Gasteiger partial charge in [-0.1, -0.05) is 65.8 Å². The van der Waals surface area contributed by atoms with Crippen LogP contribution in [-0.2, 0) is 30.3 Å². The Hall–Kier alpha value is -3.92. The van der Waals surface area contributed by atoms with Gasteiger partial charge in [-0.2, -0.15) is 0 Å². The SMILES string of the molecule is C[C@@H](COC(=O)Oc1ccccc1)OC(=O)[C@@H](N)Cc1ccc(OC(=O)CC(C)(C)C)c(OC(=O)CC(C)(C)C)c1. The number of carbonyl (C=O) groups is 4. The molecule has 2 rings (SSSR count). The summed E-state index contributed by atoms with van der Waals surface area (Å²) in [6.07, 6.45) is -1.37. The summed E-state index contributed by atoms with van der Waals surface area (Å²) in [4.78, 5) is 49.4. The Bertz CT molecular complexity index is 1200. The molecule has 0 heterocycles. The van der Waals surface area contributed by atoms with E-state index in [-0.39, 0.29) is 48.2 Å². The third kappa shape index (κ3) is 13.3. The number of rotatable bonds is 11. The molecule has 0 aliphatic heterocycles. The third-order valence-electron chi connectivity index (χ3n) is 5.26. The molecule has 2 N–H and O–H groups in total. The molecule has 0 aliphatic rings. The number of ether oxygens (including phenoxy) is 5. The minimum atomic E-state index is -1.07. The first-order chi connectivity index (χ1) is 19.0. The van der Waals surface area contributed by atoms with Gasteiger partial charge in [-0.3, -0.25) is 14.4 Å². The standard InChI is InChI=1S/C31H41NO9/c1-20(19-37-29(36)39-22-11-9-8-10-12-22)38-28(35)23(32)15-21-13-14-24(40-26(33)17-30(2,3)4)25(16-21)41-27(34)18-31(5,6)7/h8-14,16,20,23H,15,17-19,32H2,1-7H3/t20-,23-/m0/s1. The van der Waals surface area contributed by atoms with Gasteiger partial charge in [0.15, 0.2) is 11.5 Å². The highest BCUT2D eigenvalue weighted by Crippen LogP contribution is 2.32. The zero-order valence-electron chi connectivity index (χ0n) is 24.9. The van der Waals surface area contributed by atoms with Gasteiger partial charge in [-0.25, -0.2) is 4.79 Å². The van der Waals surface area contributed by atoms with E-state index in [2.05, 4.69) is 0 Å². The molecule has 0 fully saturated rings. The first kappa shape index (κ1) is 33.3. The Labute approximate surface area is 241 Å². The maximum atomic E-state index is 12.6. The second-order valence-electron chi connectivity index (χ2n) is 12.2. The molecule has 0 bridgehead atoms. The van der Waals surface area contributed by atoms with Crippen molar-refractivity contribution in [3.8, 4) is 17.2 Å². The van der Waals surface area contributed by atoms with Crippen LogP contribution in [0.15, 0.2) is 48.5 Å². The summed E-state index contributed by atoms with van der Waals surface area (Å²) in [6.45, 7) is 12.7. The van der Waals surface area contributed by atoms with Crippen molar-refractivity contribution < 1.29 is 42.9 Å². The summed E-state index contributed by atoms with van der Waals surface area (Å²) in [5.41, 5.74) is 6.02. The molecule has 0 saturated heterocycles. The van der Waals surface area contributed by atoms with Gasteiger partial charge in [0.1, 0.15) is 24.5 Å². The molecular formula is C31H41NO9. The fourth-order valence-corrected chi connectivity index (χ4v) is 3.48. The van der Waals surface area contributed by atoms with E-state index in [1.54, 1.807) is 43.3 Å². The zero-order valence-corrected chi connectivity index (χ0v) is 24.9. The topological polar surface area (TPSA) is 140 Å². The number of benzene rings is 2. The van der Waals surface area contributed by atoms with E-state index >= 15 is 0 Å². The fourth-order valence-electron chi connectivity index (χ4n) is 3.48. The first-order valence-corrected chi connectivity index (χ1v) is 13.4. The minimum absolute atomic E-state index is 0.0441. The summed E-state index contributed by atoms with van der Waals surface area (Å²) in [7, 11) is 0. The van der Waals surface area contributed by atoms with Gasteiger partial charge in [0.2, 0.25) is 0 Å². The molecule has 10 nitrogen and oxygen atoms in total. The maximum absolute atomic E-state index is 12.6. The molecule has 0 radical (unpaired) electrons. The van der Waals surface area contributed by atoms with Crippen molar-refractivity contribution in [3.63, 3.8) is 0 Å². The molecule has 0 spiro atoms. The number of nitrogens with two attached hydrogens (primary N) is 1. The van der Waals surface area contributed by atoms with Crippen LogP contribution in [0.5, 0.6) is 17.2 Å². The Balaban J connectivity index is 2.02. The Kier molecular flexibility index (Phi) is 11.9. The molecule has 224 valence electrons. The molecular weight excluding hydrogens is 530 g/mol. The molecule has 2 aromatic carbocycles. The smallest absolute Gasteiger partial charge is 0.458 e. The predicted molar refractivity (Wildman–Crippen MR) is 152 cm³/mol. The van der Waals surface area contributed by atoms with E-state index in [4.69, 9.17) is 29.4 Å². The van der Waals surface area contributed by atoms with Crippen LogP contribution in [-0.4, -0.2) is 42.8 Å². The largest absolute Gasteiger partial charge is 0.513 e. The Morgan fingerprint density at radius 2 is 1.34 bits per heavy atom. The number of esters is 3. The van der Waals surface area contributed by atoms with Crippen molar-refractivity contribution in [2.75, 3.05) is 6.61 Å². The molecule has 0 aliphatic carbocycles. The molecule has 0 amide bonds. The molecule has 10 heteroatoms. The van der Waals surface area contributed by atoms with Gasteiger partial charge in [0, 0.05) is 0 Å².